The normalized spacial score (nSPS) is 15.7. The average Bonchev–Trinajstić information content (AvgIpc) is 2.71. The van der Waals surface area contributed by atoms with E-state index < -0.39 is 0 Å². The maximum absolute atomic E-state index is 12.9. The van der Waals surface area contributed by atoms with Crippen LogP contribution in [-0.2, 0) is 17.0 Å². The molecule has 4 rings (SSSR count). The minimum absolute atomic E-state index is 0.133. The zero-order chi connectivity index (χ0) is 20.4. The molecule has 1 aliphatic heterocycles. The minimum atomic E-state index is -0.298. The van der Waals surface area contributed by atoms with Gasteiger partial charge >= 0.3 is 0 Å². The number of aromatic amines is 1. The van der Waals surface area contributed by atoms with Gasteiger partial charge in [-0.3, -0.25) is 9.59 Å². The summed E-state index contributed by atoms with van der Waals surface area (Å²) in [5, 5.41) is 3.90. The number of carbonyl (C=O) groups is 1. The fourth-order valence-electron chi connectivity index (χ4n) is 3.47. The number of H-pyrrole nitrogens is 1. The van der Waals surface area contributed by atoms with E-state index in [1.807, 2.05) is 48.5 Å². The molecule has 0 fully saturated rings. The molecular formula is C22H20ClN3O2S. The largest absolute Gasteiger partial charge is 0.310 e. The monoisotopic (exact) mass is 425 g/mol. The van der Waals surface area contributed by atoms with Crippen LogP contribution >= 0.6 is 23.4 Å². The summed E-state index contributed by atoms with van der Waals surface area (Å²) in [6, 6.07) is 15.6. The van der Waals surface area contributed by atoms with Gasteiger partial charge in [0, 0.05) is 23.1 Å². The van der Waals surface area contributed by atoms with Crippen molar-refractivity contribution >= 4 is 35.1 Å². The first-order chi connectivity index (χ1) is 14.0. The van der Waals surface area contributed by atoms with Gasteiger partial charge in [-0.2, -0.15) is 0 Å². The highest BCUT2D eigenvalue weighted by Crippen LogP contribution is 2.34. The Kier molecular flexibility index (Phi) is 5.74. The lowest BCUT2D eigenvalue weighted by Gasteiger charge is -2.24. The summed E-state index contributed by atoms with van der Waals surface area (Å²) < 4.78 is 0. The van der Waals surface area contributed by atoms with Crippen molar-refractivity contribution in [3.63, 3.8) is 0 Å². The number of nitrogens with zero attached hydrogens (tertiary/aromatic N) is 1. The Balaban J connectivity index is 1.63. The topological polar surface area (TPSA) is 74.8 Å². The van der Waals surface area contributed by atoms with Crippen molar-refractivity contribution < 1.29 is 4.79 Å². The van der Waals surface area contributed by atoms with Crippen molar-refractivity contribution in [2.24, 2.45) is 0 Å². The molecule has 2 heterocycles. The molecular weight excluding hydrogens is 406 g/mol. The van der Waals surface area contributed by atoms with E-state index in [1.165, 1.54) is 17.3 Å². The van der Waals surface area contributed by atoms with E-state index >= 15 is 0 Å². The maximum atomic E-state index is 12.9. The Bertz CT molecular complexity index is 1110. The first kappa shape index (κ1) is 19.7. The molecule has 7 heteroatoms. The Morgan fingerprint density at radius 1 is 1.14 bits per heavy atom. The Hall–Kier alpha value is -2.57. The zero-order valence-electron chi connectivity index (χ0n) is 15.9. The lowest BCUT2D eigenvalue weighted by atomic mass is 9.86. The third-order valence-electron chi connectivity index (χ3n) is 4.98. The van der Waals surface area contributed by atoms with E-state index in [9.17, 15) is 9.59 Å². The van der Waals surface area contributed by atoms with Crippen molar-refractivity contribution in [1.82, 2.24) is 9.97 Å². The highest BCUT2D eigenvalue weighted by atomic mass is 35.5. The molecule has 3 aromatic rings. The van der Waals surface area contributed by atoms with E-state index in [-0.39, 0.29) is 23.8 Å². The van der Waals surface area contributed by atoms with Crippen LogP contribution in [0.1, 0.15) is 41.5 Å². The van der Waals surface area contributed by atoms with Crippen LogP contribution in [0.25, 0.3) is 0 Å². The van der Waals surface area contributed by atoms with Crippen LogP contribution in [0.4, 0.5) is 5.82 Å². The quantitative estimate of drug-likeness (QED) is 0.456. The standard InChI is InChI=1S/C22H20ClN3O2S/c1-2-13-6-8-15(9-7-13)17-11-18(27)24-20-19(17)21(28)26-22(25-20)29-12-14-4-3-5-16(23)10-14/h3-10,17H,2,11-12H2,1H3,(H2,24,25,26,27,28). The summed E-state index contributed by atoms with van der Waals surface area (Å²) in [5.41, 5.74) is 3.49. The molecule has 0 saturated heterocycles. The van der Waals surface area contributed by atoms with Gasteiger partial charge in [-0.15, -0.1) is 0 Å². The number of carbonyl (C=O) groups excluding carboxylic acids is 1. The lowest BCUT2D eigenvalue weighted by molar-refractivity contribution is -0.116. The molecule has 1 unspecified atom stereocenters. The number of halogens is 1. The number of amides is 1. The molecule has 2 aromatic carbocycles. The first-order valence-electron chi connectivity index (χ1n) is 9.43. The Morgan fingerprint density at radius 3 is 2.66 bits per heavy atom. The van der Waals surface area contributed by atoms with Crippen LogP contribution < -0.4 is 10.9 Å². The number of aryl methyl sites for hydroxylation is 1. The number of nitrogens with one attached hydrogen (secondary N) is 2. The van der Waals surface area contributed by atoms with Crippen LogP contribution in [0.15, 0.2) is 58.5 Å². The fourth-order valence-corrected chi connectivity index (χ4v) is 4.48. The average molecular weight is 426 g/mol. The molecule has 1 atom stereocenters. The third kappa shape index (κ3) is 4.38. The molecule has 5 nitrogen and oxygen atoms in total. The summed E-state index contributed by atoms with van der Waals surface area (Å²) >= 11 is 7.42. The first-order valence-corrected chi connectivity index (χ1v) is 10.8. The van der Waals surface area contributed by atoms with Crippen molar-refractivity contribution in [2.75, 3.05) is 5.32 Å². The third-order valence-corrected chi connectivity index (χ3v) is 6.16. The van der Waals surface area contributed by atoms with Crippen molar-refractivity contribution in [3.05, 3.63) is 86.2 Å². The second-order valence-electron chi connectivity index (χ2n) is 6.95. The number of aromatic nitrogens is 2. The van der Waals surface area contributed by atoms with Crippen molar-refractivity contribution in [3.8, 4) is 0 Å². The summed E-state index contributed by atoms with van der Waals surface area (Å²) in [7, 11) is 0. The Morgan fingerprint density at radius 2 is 1.93 bits per heavy atom. The van der Waals surface area contributed by atoms with E-state index in [0.29, 0.717) is 27.3 Å². The molecule has 1 amide bonds. The zero-order valence-corrected chi connectivity index (χ0v) is 17.4. The van der Waals surface area contributed by atoms with Crippen LogP contribution in [0.3, 0.4) is 0 Å². The molecule has 0 radical (unpaired) electrons. The lowest BCUT2D eigenvalue weighted by Crippen LogP contribution is -2.31. The van der Waals surface area contributed by atoms with Gasteiger partial charge in [-0.1, -0.05) is 66.7 Å². The number of benzene rings is 2. The van der Waals surface area contributed by atoms with E-state index in [4.69, 9.17) is 11.6 Å². The van der Waals surface area contributed by atoms with Gasteiger partial charge < -0.3 is 10.3 Å². The summed E-state index contributed by atoms with van der Waals surface area (Å²) in [6.07, 6.45) is 1.18. The van der Waals surface area contributed by atoms with Gasteiger partial charge in [0.05, 0.1) is 5.56 Å². The van der Waals surface area contributed by atoms with Gasteiger partial charge in [0.25, 0.3) is 5.56 Å². The van der Waals surface area contributed by atoms with Crippen LogP contribution in [0.5, 0.6) is 0 Å². The molecule has 1 aromatic heterocycles. The minimum Gasteiger partial charge on any atom is -0.310 e. The molecule has 0 bridgehead atoms. The number of anilines is 1. The number of hydrogen-bond donors (Lipinski definition) is 2. The number of thioether (sulfide) groups is 1. The SMILES string of the molecule is CCc1ccc(C2CC(=O)Nc3nc(SCc4cccc(Cl)c4)[nH]c(=O)c32)cc1. The van der Waals surface area contributed by atoms with Crippen LogP contribution in [0.2, 0.25) is 5.02 Å². The van der Waals surface area contributed by atoms with Gasteiger partial charge in [0.2, 0.25) is 5.91 Å². The predicted molar refractivity (Wildman–Crippen MR) is 117 cm³/mol. The molecule has 0 aliphatic carbocycles. The molecule has 148 valence electrons. The van der Waals surface area contributed by atoms with Crippen LogP contribution in [0, 0.1) is 0 Å². The van der Waals surface area contributed by atoms with E-state index in [2.05, 4.69) is 22.2 Å². The fraction of sp³-hybridized carbons (Fsp3) is 0.227. The number of hydrogen-bond acceptors (Lipinski definition) is 4. The summed E-state index contributed by atoms with van der Waals surface area (Å²) in [6.45, 7) is 2.09. The molecule has 0 saturated carbocycles. The van der Waals surface area contributed by atoms with Gasteiger partial charge in [-0.25, -0.2) is 4.98 Å². The van der Waals surface area contributed by atoms with Gasteiger partial charge in [0.1, 0.15) is 5.82 Å². The molecule has 1 aliphatic rings. The molecule has 2 N–H and O–H groups in total. The Labute approximate surface area is 177 Å². The van der Waals surface area contributed by atoms with Crippen molar-refractivity contribution in [1.29, 1.82) is 0 Å². The summed E-state index contributed by atoms with van der Waals surface area (Å²) in [4.78, 5) is 32.6. The van der Waals surface area contributed by atoms with Crippen molar-refractivity contribution in [2.45, 2.75) is 36.6 Å². The van der Waals surface area contributed by atoms with Gasteiger partial charge in [-0.05, 0) is 35.2 Å². The second-order valence-corrected chi connectivity index (χ2v) is 8.35. The number of fused-ring (bicyclic) bond motifs is 1. The summed E-state index contributed by atoms with van der Waals surface area (Å²) in [5.74, 6) is 0.528. The van der Waals surface area contributed by atoms with Gasteiger partial charge in [0.15, 0.2) is 5.16 Å². The maximum Gasteiger partial charge on any atom is 0.257 e. The smallest absolute Gasteiger partial charge is 0.257 e. The highest BCUT2D eigenvalue weighted by molar-refractivity contribution is 7.98. The van der Waals surface area contributed by atoms with Crippen LogP contribution in [-0.4, -0.2) is 15.9 Å². The predicted octanol–water partition coefficient (Wildman–Crippen LogP) is 4.75. The van der Waals surface area contributed by atoms with E-state index in [0.717, 1.165) is 17.5 Å². The second kappa shape index (κ2) is 8.43. The molecule has 29 heavy (non-hydrogen) atoms. The number of rotatable bonds is 5. The highest BCUT2D eigenvalue weighted by Gasteiger charge is 2.30. The molecule has 0 spiro atoms. The van der Waals surface area contributed by atoms with E-state index in [1.54, 1.807) is 0 Å².